The van der Waals surface area contributed by atoms with Crippen LogP contribution in [0.3, 0.4) is 0 Å². The van der Waals surface area contributed by atoms with Crippen molar-refractivity contribution in [2.45, 2.75) is 46.1 Å². The van der Waals surface area contributed by atoms with Crippen LogP contribution < -0.4 is 5.32 Å². The summed E-state index contributed by atoms with van der Waals surface area (Å²) in [6.45, 7) is 5.95. The molecule has 2 aliphatic rings. The molecule has 1 saturated heterocycles. The number of urea groups is 1. The van der Waals surface area contributed by atoms with Crippen molar-refractivity contribution in [3.63, 3.8) is 0 Å². The Morgan fingerprint density at radius 2 is 1.94 bits per heavy atom. The minimum Gasteiger partial charge on any atom is -0.277 e. The third kappa shape index (κ3) is 1.94. The summed E-state index contributed by atoms with van der Waals surface area (Å²) in [6, 6.07) is -0.606. The van der Waals surface area contributed by atoms with E-state index in [-0.39, 0.29) is 17.4 Å². The molecule has 0 aromatic carbocycles. The molecule has 1 aliphatic heterocycles. The molecule has 1 aliphatic carbocycles. The fraction of sp³-hybridized carbons (Fsp3) is 0.750. The average Bonchev–Trinajstić information content (AvgIpc) is 2.81. The molecule has 5 heteroatoms. The highest BCUT2D eigenvalue weighted by molar-refractivity contribution is 6.16. The number of imide groups is 2. The highest BCUT2D eigenvalue weighted by Gasteiger charge is 2.56. The maximum atomic E-state index is 12.1. The minimum atomic E-state index is -0.686. The molecule has 17 heavy (non-hydrogen) atoms. The van der Waals surface area contributed by atoms with Gasteiger partial charge in [-0.15, -0.1) is 0 Å². The van der Waals surface area contributed by atoms with Crippen LogP contribution in [-0.2, 0) is 9.59 Å². The standard InChI is InChI=1S/C12H18N2O3/c1-4-5-7-9(15)13-11(17)14(10(7)16)8-6-12(8,2)3/h7-8H,4-6H2,1-3H3,(H,13,15,17). The molecule has 1 N–H and O–H groups in total. The topological polar surface area (TPSA) is 66.5 Å². The van der Waals surface area contributed by atoms with Crippen LogP contribution in [0.15, 0.2) is 0 Å². The van der Waals surface area contributed by atoms with E-state index in [0.29, 0.717) is 6.42 Å². The quantitative estimate of drug-likeness (QED) is 0.753. The summed E-state index contributed by atoms with van der Waals surface area (Å²) >= 11 is 0. The number of rotatable bonds is 3. The molecule has 4 amide bonds. The van der Waals surface area contributed by atoms with E-state index < -0.39 is 17.9 Å². The summed E-state index contributed by atoms with van der Waals surface area (Å²) in [5.74, 6) is -1.46. The predicted molar refractivity (Wildman–Crippen MR) is 61.0 cm³/mol. The summed E-state index contributed by atoms with van der Waals surface area (Å²) in [5, 5.41) is 2.28. The first-order valence-electron chi connectivity index (χ1n) is 6.06. The predicted octanol–water partition coefficient (Wildman–Crippen LogP) is 1.28. The van der Waals surface area contributed by atoms with Crippen LogP contribution >= 0.6 is 0 Å². The van der Waals surface area contributed by atoms with Crippen molar-refractivity contribution in [2.24, 2.45) is 11.3 Å². The second-order valence-corrected chi connectivity index (χ2v) is 5.55. The summed E-state index contributed by atoms with van der Waals surface area (Å²) in [7, 11) is 0. The van der Waals surface area contributed by atoms with Gasteiger partial charge >= 0.3 is 6.03 Å². The molecule has 5 nitrogen and oxygen atoms in total. The van der Waals surface area contributed by atoms with E-state index in [0.717, 1.165) is 12.8 Å². The van der Waals surface area contributed by atoms with Gasteiger partial charge in [-0.1, -0.05) is 27.2 Å². The Balaban J connectivity index is 2.19. The normalized spacial score (nSPS) is 31.5. The number of hydrogen-bond acceptors (Lipinski definition) is 3. The SMILES string of the molecule is CCCC1C(=O)NC(=O)N(C2CC2(C)C)C1=O. The Morgan fingerprint density at radius 1 is 1.35 bits per heavy atom. The zero-order chi connectivity index (χ0) is 12.8. The monoisotopic (exact) mass is 238 g/mol. The zero-order valence-electron chi connectivity index (χ0n) is 10.4. The molecule has 1 heterocycles. The first-order chi connectivity index (χ1) is 7.88. The van der Waals surface area contributed by atoms with E-state index in [4.69, 9.17) is 0 Å². The van der Waals surface area contributed by atoms with E-state index in [1.165, 1.54) is 4.90 Å². The number of carbonyl (C=O) groups is 3. The van der Waals surface area contributed by atoms with Crippen molar-refractivity contribution in [2.75, 3.05) is 0 Å². The van der Waals surface area contributed by atoms with Crippen LogP contribution in [0.5, 0.6) is 0 Å². The summed E-state index contributed by atoms with van der Waals surface area (Å²) in [4.78, 5) is 36.7. The van der Waals surface area contributed by atoms with E-state index in [9.17, 15) is 14.4 Å². The lowest BCUT2D eigenvalue weighted by Gasteiger charge is -2.31. The fourth-order valence-electron chi connectivity index (χ4n) is 2.35. The third-order valence-corrected chi connectivity index (χ3v) is 3.65. The molecular weight excluding hydrogens is 220 g/mol. The number of nitrogens with zero attached hydrogens (tertiary/aromatic N) is 1. The number of barbiturate groups is 1. The van der Waals surface area contributed by atoms with Gasteiger partial charge in [-0.25, -0.2) is 4.79 Å². The second kappa shape index (κ2) is 3.82. The molecular formula is C12H18N2O3. The van der Waals surface area contributed by atoms with Crippen molar-refractivity contribution < 1.29 is 14.4 Å². The van der Waals surface area contributed by atoms with Gasteiger partial charge in [-0.2, -0.15) is 0 Å². The molecule has 2 unspecified atom stereocenters. The second-order valence-electron chi connectivity index (χ2n) is 5.55. The summed E-state index contributed by atoms with van der Waals surface area (Å²) in [5.41, 5.74) is -0.00977. The van der Waals surface area contributed by atoms with E-state index in [2.05, 4.69) is 5.32 Å². The molecule has 0 radical (unpaired) electrons. The van der Waals surface area contributed by atoms with Crippen LogP contribution in [0, 0.1) is 11.3 Å². The van der Waals surface area contributed by atoms with Crippen LogP contribution in [-0.4, -0.2) is 28.8 Å². The van der Waals surface area contributed by atoms with Gasteiger partial charge in [0.2, 0.25) is 11.8 Å². The Bertz CT molecular complexity index is 389. The Labute approximate surface area is 101 Å². The van der Waals surface area contributed by atoms with Crippen molar-refractivity contribution in [1.82, 2.24) is 10.2 Å². The Kier molecular flexibility index (Phi) is 2.72. The molecule has 0 aromatic heterocycles. The van der Waals surface area contributed by atoms with Gasteiger partial charge in [0.1, 0.15) is 5.92 Å². The lowest BCUT2D eigenvalue weighted by atomic mass is 9.98. The molecule has 2 atom stereocenters. The minimum absolute atomic E-state index is 0.00977. The largest absolute Gasteiger partial charge is 0.331 e. The Hall–Kier alpha value is -1.39. The summed E-state index contributed by atoms with van der Waals surface area (Å²) in [6.07, 6.45) is 2.07. The first kappa shape index (κ1) is 12.1. The lowest BCUT2D eigenvalue weighted by molar-refractivity contribution is -0.143. The molecule has 0 aromatic rings. The number of carbonyl (C=O) groups excluding carboxylic acids is 3. The van der Waals surface area contributed by atoms with E-state index in [1.54, 1.807) is 0 Å². The molecule has 94 valence electrons. The van der Waals surface area contributed by atoms with Gasteiger partial charge in [0.25, 0.3) is 0 Å². The molecule has 0 spiro atoms. The van der Waals surface area contributed by atoms with Crippen molar-refractivity contribution in [3.8, 4) is 0 Å². The maximum absolute atomic E-state index is 12.1. The van der Waals surface area contributed by atoms with E-state index in [1.807, 2.05) is 20.8 Å². The van der Waals surface area contributed by atoms with Crippen molar-refractivity contribution in [3.05, 3.63) is 0 Å². The van der Waals surface area contributed by atoms with Gasteiger partial charge in [0.15, 0.2) is 0 Å². The van der Waals surface area contributed by atoms with Gasteiger partial charge in [0.05, 0.1) is 0 Å². The van der Waals surface area contributed by atoms with E-state index >= 15 is 0 Å². The lowest BCUT2D eigenvalue weighted by Crippen LogP contribution is -2.59. The highest BCUT2D eigenvalue weighted by Crippen LogP contribution is 2.49. The van der Waals surface area contributed by atoms with Gasteiger partial charge in [-0.3, -0.25) is 19.8 Å². The smallest absolute Gasteiger partial charge is 0.277 e. The number of amides is 4. The zero-order valence-corrected chi connectivity index (χ0v) is 10.4. The van der Waals surface area contributed by atoms with Gasteiger partial charge < -0.3 is 0 Å². The number of nitrogens with one attached hydrogen (secondary N) is 1. The van der Waals surface area contributed by atoms with Crippen LogP contribution in [0.25, 0.3) is 0 Å². The Morgan fingerprint density at radius 3 is 2.41 bits per heavy atom. The highest BCUT2D eigenvalue weighted by atomic mass is 16.2. The molecule has 2 fully saturated rings. The third-order valence-electron chi connectivity index (χ3n) is 3.65. The first-order valence-corrected chi connectivity index (χ1v) is 6.06. The summed E-state index contributed by atoms with van der Waals surface area (Å²) < 4.78 is 0. The van der Waals surface area contributed by atoms with Crippen LogP contribution in [0.2, 0.25) is 0 Å². The fourth-order valence-corrected chi connectivity index (χ4v) is 2.35. The van der Waals surface area contributed by atoms with Crippen LogP contribution in [0.1, 0.15) is 40.0 Å². The van der Waals surface area contributed by atoms with Gasteiger partial charge in [0, 0.05) is 6.04 Å². The van der Waals surface area contributed by atoms with Crippen molar-refractivity contribution >= 4 is 17.8 Å². The number of hydrogen-bond donors (Lipinski definition) is 1. The average molecular weight is 238 g/mol. The molecule has 0 bridgehead atoms. The van der Waals surface area contributed by atoms with Crippen LogP contribution in [0.4, 0.5) is 4.79 Å². The molecule has 2 rings (SSSR count). The maximum Gasteiger partial charge on any atom is 0.331 e. The van der Waals surface area contributed by atoms with Crippen molar-refractivity contribution in [1.29, 1.82) is 0 Å². The molecule has 1 saturated carbocycles. The van der Waals surface area contributed by atoms with Gasteiger partial charge in [-0.05, 0) is 18.3 Å².